The van der Waals surface area contributed by atoms with Gasteiger partial charge in [0.25, 0.3) is 0 Å². The van der Waals surface area contributed by atoms with Crippen molar-refractivity contribution in [3.63, 3.8) is 0 Å². The average Bonchev–Trinajstić information content (AvgIpc) is 2.69. The van der Waals surface area contributed by atoms with Gasteiger partial charge >= 0.3 is 0 Å². The summed E-state index contributed by atoms with van der Waals surface area (Å²) in [6, 6.07) is 6.81. The number of oxazole rings is 1. The number of hydrogen-bond acceptors (Lipinski definition) is 3. The normalized spacial score (nSPS) is 11.5. The van der Waals surface area contributed by atoms with Crippen LogP contribution in [0, 0.1) is 0 Å². The van der Waals surface area contributed by atoms with Crippen molar-refractivity contribution in [1.82, 2.24) is 4.98 Å². The lowest BCUT2D eigenvalue weighted by atomic mass is 9.61. The van der Waals surface area contributed by atoms with Crippen LogP contribution in [0.2, 0.25) is 0 Å². The predicted octanol–water partition coefficient (Wildman–Crippen LogP) is 0.781. The van der Waals surface area contributed by atoms with Gasteiger partial charge in [-0.2, -0.15) is 0 Å². The molecule has 0 aliphatic heterocycles. The molecule has 0 aliphatic carbocycles. The molecule has 0 unspecified atom stereocenters. The molecular weight excluding hydrogens is 188 g/mol. The van der Waals surface area contributed by atoms with Crippen molar-refractivity contribution in [3.8, 4) is 11.3 Å². The number of aliphatic hydroxyl groups is 1. The van der Waals surface area contributed by atoms with Crippen LogP contribution in [0.4, 0.5) is 0 Å². The summed E-state index contributed by atoms with van der Waals surface area (Å²) in [5.74, 6) is 0. The van der Waals surface area contributed by atoms with Gasteiger partial charge in [0.1, 0.15) is 27.6 Å². The standard InChI is InChI=1S/C10H7B2NO2/c11-10(12,14)8-3-1-7(2-4-8)9-5-15-6-13-9/h1-6,14H. The van der Waals surface area contributed by atoms with E-state index in [0.717, 1.165) is 11.3 Å². The van der Waals surface area contributed by atoms with Crippen LogP contribution in [0.5, 0.6) is 0 Å². The lowest BCUT2D eigenvalue weighted by molar-refractivity contribution is 0.217. The first-order valence-electron chi connectivity index (χ1n) is 4.36. The number of aromatic nitrogens is 1. The summed E-state index contributed by atoms with van der Waals surface area (Å²) in [5, 5.41) is 7.53. The molecule has 3 nitrogen and oxygen atoms in total. The van der Waals surface area contributed by atoms with Crippen molar-refractivity contribution >= 4 is 15.7 Å². The molecule has 2 aromatic rings. The van der Waals surface area contributed by atoms with E-state index in [1.807, 2.05) is 0 Å². The maximum atomic E-state index is 9.33. The molecule has 15 heavy (non-hydrogen) atoms. The van der Waals surface area contributed by atoms with Crippen molar-refractivity contribution in [2.75, 3.05) is 0 Å². The summed E-state index contributed by atoms with van der Waals surface area (Å²) in [7, 11) is 10.6. The van der Waals surface area contributed by atoms with Crippen LogP contribution in [0.25, 0.3) is 11.3 Å². The van der Waals surface area contributed by atoms with Gasteiger partial charge in [0.15, 0.2) is 6.39 Å². The van der Waals surface area contributed by atoms with Gasteiger partial charge in [-0.25, -0.2) is 4.98 Å². The smallest absolute Gasteiger partial charge is 0.181 e. The van der Waals surface area contributed by atoms with E-state index in [0.29, 0.717) is 5.56 Å². The fourth-order valence-corrected chi connectivity index (χ4v) is 1.26. The van der Waals surface area contributed by atoms with Crippen molar-refractivity contribution in [2.24, 2.45) is 0 Å². The van der Waals surface area contributed by atoms with Crippen LogP contribution in [-0.4, -0.2) is 25.8 Å². The minimum absolute atomic E-state index is 0.440. The van der Waals surface area contributed by atoms with E-state index >= 15 is 0 Å². The zero-order valence-corrected chi connectivity index (χ0v) is 7.92. The molecule has 1 heterocycles. The molecule has 1 aromatic heterocycles. The highest BCUT2D eigenvalue weighted by atomic mass is 16.3. The van der Waals surface area contributed by atoms with Crippen LogP contribution in [-0.2, 0) is 5.40 Å². The number of benzene rings is 1. The molecular formula is C10H7B2NO2. The first-order valence-corrected chi connectivity index (χ1v) is 4.36. The largest absolute Gasteiger partial charge is 0.451 e. The van der Waals surface area contributed by atoms with Crippen molar-refractivity contribution in [3.05, 3.63) is 42.5 Å². The van der Waals surface area contributed by atoms with E-state index in [9.17, 15) is 5.11 Å². The van der Waals surface area contributed by atoms with E-state index in [2.05, 4.69) is 4.98 Å². The first kappa shape index (κ1) is 10.1. The maximum Gasteiger partial charge on any atom is 0.181 e. The second kappa shape index (κ2) is 3.59. The quantitative estimate of drug-likeness (QED) is 0.720. The van der Waals surface area contributed by atoms with Gasteiger partial charge in [0.05, 0.1) is 0 Å². The van der Waals surface area contributed by atoms with E-state index in [1.165, 1.54) is 12.7 Å². The van der Waals surface area contributed by atoms with Crippen molar-refractivity contribution in [2.45, 2.75) is 5.40 Å². The minimum atomic E-state index is -1.80. The summed E-state index contributed by atoms with van der Waals surface area (Å²) >= 11 is 0. The maximum absolute atomic E-state index is 9.33. The van der Waals surface area contributed by atoms with Crippen LogP contribution >= 0.6 is 0 Å². The summed E-state index contributed by atoms with van der Waals surface area (Å²) in [5.41, 5.74) is 2.03. The topological polar surface area (TPSA) is 46.3 Å². The molecule has 1 aromatic carbocycles. The van der Waals surface area contributed by atoms with Gasteiger partial charge in [-0.15, -0.1) is 0 Å². The zero-order chi connectivity index (χ0) is 10.9. The molecule has 0 atom stereocenters. The van der Waals surface area contributed by atoms with Crippen LogP contribution < -0.4 is 0 Å². The Bertz CT molecular complexity index is 431. The van der Waals surface area contributed by atoms with Gasteiger partial charge in [0, 0.05) is 11.0 Å². The van der Waals surface area contributed by atoms with Crippen molar-refractivity contribution in [1.29, 1.82) is 0 Å². The van der Waals surface area contributed by atoms with Crippen LogP contribution in [0.15, 0.2) is 41.3 Å². The van der Waals surface area contributed by atoms with Crippen LogP contribution in [0.1, 0.15) is 5.56 Å². The molecule has 2 rings (SSSR count). The van der Waals surface area contributed by atoms with Gasteiger partial charge in [-0.1, -0.05) is 24.3 Å². The summed E-state index contributed by atoms with van der Waals surface area (Å²) < 4.78 is 4.86. The SMILES string of the molecule is [B]C([B])(O)c1ccc(-c2cocn2)cc1. The van der Waals surface area contributed by atoms with Gasteiger partial charge in [-0.05, 0) is 5.56 Å². The minimum Gasteiger partial charge on any atom is -0.451 e. The fourth-order valence-electron chi connectivity index (χ4n) is 1.26. The first-order chi connectivity index (χ1) is 7.07. The predicted molar refractivity (Wildman–Crippen MR) is 57.3 cm³/mol. The Morgan fingerprint density at radius 1 is 1.20 bits per heavy atom. The Balaban J connectivity index is 2.33. The average molecular weight is 195 g/mol. The third kappa shape index (κ3) is 2.13. The summed E-state index contributed by atoms with van der Waals surface area (Å²) in [6.45, 7) is 0. The third-order valence-corrected chi connectivity index (χ3v) is 2.08. The second-order valence-corrected chi connectivity index (χ2v) is 3.28. The summed E-state index contributed by atoms with van der Waals surface area (Å²) in [6.07, 6.45) is 2.89. The molecule has 5 heteroatoms. The highest BCUT2D eigenvalue weighted by Crippen LogP contribution is 2.20. The molecule has 0 saturated heterocycles. The zero-order valence-electron chi connectivity index (χ0n) is 7.92. The lowest BCUT2D eigenvalue weighted by Gasteiger charge is -2.18. The fraction of sp³-hybridized carbons (Fsp3) is 0.100. The Labute approximate surface area is 90.0 Å². The molecule has 0 fully saturated rings. The second-order valence-electron chi connectivity index (χ2n) is 3.28. The summed E-state index contributed by atoms with van der Waals surface area (Å²) in [4.78, 5) is 3.99. The molecule has 0 saturated carbocycles. The Kier molecular flexibility index (Phi) is 2.40. The highest BCUT2D eigenvalue weighted by Gasteiger charge is 2.14. The Morgan fingerprint density at radius 2 is 1.87 bits per heavy atom. The number of nitrogens with zero attached hydrogens (tertiary/aromatic N) is 1. The molecule has 70 valence electrons. The van der Waals surface area contributed by atoms with Gasteiger partial charge < -0.3 is 9.52 Å². The van der Waals surface area contributed by atoms with Crippen molar-refractivity contribution < 1.29 is 9.52 Å². The van der Waals surface area contributed by atoms with Gasteiger partial charge in [-0.3, -0.25) is 0 Å². The molecule has 4 radical (unpaired) electrons. The Morgan fingerprint density at radius 3 is 2.33 bits per heavy atom. The molecule has 1 N–H and O–H groups in total. The Hall–Kier alpha value is -1.48. The van der Waals surface area contributed by atoms with E-state index in [-0.39, 0.29) is 0 Å². The van der Waals surface area contributed by atoms with Gasteiger partial charge in [0.2, 0.25) is 0 Å². The molecule has 0 bridgehead atoms. The van der Waals surface area contributed by atoms with E-state index in [4.69, 9.17) is 20.1 Å². The van der Waals surface area contributed by atoms with E-state index in [1.54, 1.807) is 24.3 Å². The lowest BCUT2D eigenvalue weighted by Crippen LogP contribution is -2.25. The van der Waals surface area contributed by atoms with E-state index < -0.39 is 5.40 Å². The molecule has 0 amide bonds. The number of hydrogen-bond donors (Lipinski definition) is 1. The highest BCUT2D eigenvalue weighted by molar-refractivity contribution is 6.38. The van der Waals surface area contributed by atoms with Crippen LogP contribution in [0.3, 0.4) is 0 Å². The number of rotatable bonds is 2. The molecule has 0 spiro atoms. The molecule has 0 aliphatic rings. The monoisotopic (exact) mass is 195 g/mol. The third-order valence-electron chi connectivity index (χ3n) is 2.08.